The standard InChI is InChI=1S/C43H83NO8/c1-3-5-7-9-11-13-15-16-17-18-19-20-21-22-23-24-26-28-30-32-37(46)36(35-51-43-42(50)41(49)40(48)38(34-45)52-43)44-39(47)33-31-29-27-25-14-12-10-8-6-4-2/h30,32,36-38,40-43,45-46,48-50H,3-29,31,33-35H2,1-2H3,(H,44,47)/b32-30+. The summed E-state index contributed by atoms with van der Waals surface area (Å²) in [4.78, 5) is 12.9. The minimum absolute atomic E-state index is 0.178. The summed E-state index contributed by atoms with van der Waals surface area (Å²) in [5, 5.41) is 54.0. The van der Waals surface area contributed by atoms with Crippen molar-refractivity contribution >= 4 is 5.91 Å². The Kier molecular flexibility index (Phi) is 32.4. The monoisotopic (exact) mass is 742 g/mol. The van der Waals surface area contributed by atoms with E-state index in [2.05, 4.69) is 19.2 Å². The van der Waals surface area contributed by atoms with Crippen LogP contribution in [0.1, 0.15) is 200 Å². The van der Waals surface area contributed by atoms with Gasteiger partial charge in [0.05, 0.1) is 25.4 Å². The van der Waals surface area contributed by atoms with Crippen molar-refractivity contribution in [2.24, 2.45) is 0 Å². The van der Waals surface area contributed by atoms with Gasteiger partial charge in [-0.3, -0.25) is 4.79 Å². The van der Waals surface area contributed by atoms with Gasteiger partial charge in [-0.25, -0.2) is 0 Å². The number of hydrogen-bond donors (Lipinski definition) is 6. The van der Waals surface area contributed by atoms with Crippen molar-refractivity contribution in [2.45, 2.75) is 243 Å². The molecule has 1 aliphatic rings. The highest BCUT2D eigenvalue weighted by molar-refractivity contribution is 5.76. The van der Waals surface area contributed by atoms with Crippen LogP contribution >= 0.6 is 0 Å². The van der Waals surface area contributed by atoms with E-state index in [0.717, 1.165) is 38.5 Å². The third-order valence-electron chi connectivity index (χ3n) is 10.6. The summed E-state index contributed by atoms with van der Waals surface area (Å²) >= 11 is 0. The summed E-state index contributed by atoms with van der Waals surface area (Å²) < 4.78 is 11.2. The molecule has 0 spiro atoms. The first-order valence-corrected chi connectivity index (χ1v) is 21.9. The van der Waals surface area contributed by atoms with Gasteiger partial charge in [0.1, 0.15) is 24.4 Å². The minimum atomic E-state index is -1.56. The summed E-state index contributed by atoms with van der Waals surface area (Å²) in [6.45, 7) is 3.76. The molecule has 1 amide bonds. The molecule has 0 aromatic carbocycles. The quantitative estimate of drug-likeness (QED) is 0.0277. The number of ether oxygens (including phenoxy) is 2. The first kappa shape index (κ1) is 48.9. The lowest BCUT2D eigenvalue weighted by molar-refractivity contribution is -0.302. The zero-order chi connectivity index (χ0) is 38.1. The van der Waals surface area contributed by atoms with Gasteiger partial charge in [-0.15, -0.1) is 0 Å². The molecule has 1 fully saturated rings. The highest BCUT2D eigenvalue weighted by Gasteiger charge is 2.44. The summed E-state index contributed by atoms with van der Waals surface area (Å²) in [5.41, 5.74) is 0. The molecule has 7 atom stereocenters. The molecule has 6 N–H and O–H groups in total. The molecule has 1 rings (SSSR count). The zero-order valence-electron chi connectivity index (χ0n) is 33.6. The van der Waals surface area contributed by atoms with E-state index in [9.17, 15) is 30.3 Å². The van der Waals surface area contributed by atoms with E-state index in [1.165, 1.54) is 141 Å². The van der Waals surface area contributed by atoms with E-state index in [1.54, 1.807) is 6.08 Å². The molecule has 0 bridgehead atoms. The topological polar surface area (TPSA) is 149 Å². The highest BCUT2D eigenvalue weighted by atomic mass is 16.7. The molecule has 0 aromatic rings. The molecule has 0 aromatic heterocycles. The van der Waals surface area contributed by atoms with Gasteiger partial charge < -0.3 is 40.3 Å². The Labute approximate surface area is 318 Å². The van der Waals surface area contributed by atoms with Crippen LogP contribution in [0, 0.1) is 0 Å². The number of amides is 1. The Morgan fingerprint density at radius 1 is 0.635 bits per heavy atom. The van der Waals surface area contributed by atoms with E-state index in [0.29, 0.717) is 6.42 Å². The van der Waals surface area contributed by atoms with Crippen LogP contribution in [0.25, 0.3) is 0 Å². The van der Waals surface area contributed by atoms with Crippen LogP contribution in [0.3, 0.4) is 0 Å². The fourth-order valence-corrected chi connectivity index (χ4v) is 7.04. The van der Waals surface area contributed by atoms with E-state index in [4.69, 9.17) is 9.47 Å². The Morgan fingerprint density at radius 2 is 1.06 bits per heavy atom. The van der Waals surface area contributed by atoms with Crippen LogP contribution in [-0.2, 0) is 14.3 Å². The number of unbranched alkanes of at least 4 members (excludes halogenated alkanes) is 26. The van der Waals surface area contributed by atoms with E-state index in [1.807, 2.05) is 6.08 Å². The molecule has 1 heterocycles. The second-order valence-electron chi connectivity index (χ2n) is 15.5. The number of nitrogens with one attached hydrogen (secondary N) is 1. The number of carbonyl (C=O) groups excluding carboxylic acids is 1. The smallest absolute Gasteiger partial charge is 0.220 e. The van der Waals surface area contributed by atoms with Crippen LogP contribution in [-0.4, -0.2) is 87.5 Å². The SMILES string of the molecule is CCCCCCCCCCCCCCCCCCC/C=C/C(O)C(COC1OC(CO)C(O)C(O)C1O)NC(=O)CCCCCCCCCCCC. The van der Waals surface area contributed by atoms with Gasteiger partial charge in [0.15, 0.2) is 6.29 Å². The third kappa shape index (κ3) is 25.1. The molecule has 0 saturated carbocycles. The van der Waals surface area contributed by atoms with Crippen LogP contribution in [0.4, 0.5) is 0 Å². The normalized spacial score (nSPS) is 21.9. The molecule has 9 heteroatoms. The predicted molar refractivity (Wildman–Crippen MR) is 212 cm³/mol. The zero-order valence-corrected chi connectivity index (χ0v) is 33.6. The number of rotatable bonds is 36. The van der Waals surface area contributed by atoms with E-state index < -0.39 is 49.5 Å². The number of allylic oxidation sites excluding steroid dienone is 1. The van der Waals surface area contributed by atoms with Gasteiger partial charge in [-0.05, 0) is 19.3 Å². The molecule has 0 radical (unpaired) electrons. The fourth-order valence-electron chi connectivity index (χ4n) is 7.04. The molecule has 0 aliphatic carbocycles. The summed E-state index contributed by atoms with van der Waals surface area (Å²) in [5.74, 6) is -0.178. The molecule has 1 saturated heterocycles. The number of aliphatic hydroxyl groups excluding tert-OH is 5. The summed E-state index contributed by atoms with van der Waals surface area (Å²) in [7, 11) is 0. The largest absolute Gasteiger partial charge is 0.394 e. The number of hydrogen-bond acceptors (Lipinski definition) is 8. The van der Waals surface area contributed by atoms with Crippen LogP contribution < -0.4 is 5.32 Å². The number of aliphatic hydroxyl groups is 5. The van der Waals surface area contributed by atoms with Gasteiger partial charge in [0, 0.05) is 6.42 Å². The molecule has 7 unspecified atom stereocenters. The first-order chi connectivity index (χ1) is 25.3. The van der Waals surface area contributed by atoms with Gasteiger partial charge in [-0.1, -0.05) is 187 Å². The fraction of sp³-hybridized carbons (Fsp3) is 0.930. The van der Waals surface area contributed by atoms with Crippen LogP contribution in [0.15, 0.2) is 12.2 Å². The van der Waals surface area contributed by atoms with Crippen LogP contribution in [0.5, 0.6) is 0 Å². The maximum atomic E-state index is 12.9. The molecular weight excluding hydrogens is 658 g/mol. The maximum absolute atomic E-state index is 12.9. The average Bonchev–Trinajstić information content (AvgIpc) is 3.14. The lowest BCUT2D eigenvalue weighted by atomic mass is 9.99. The minimum Gasteiger partial charge on any atom is -0.394 e. The molecule has 1 aliphatic heterocycles. The van der Waals surface area contributed by atoms with Crippen molar-refractivity contribution in [3.63, 3.8) is 0 Å². The Hall–Kier alpha value is -1.07. The Morgan fingerprint density at radius 3 is 1.50 bits per heavy atom. The van der Waals surface area contributed by atoms with Crippen molar-refractivity contribution in [2.75, 3.05) is 13.2 Å². The maximum Gasteiger partial charge on any atom is 0.220 e. The molecule has 9 nitrogen and oxygen atoms in total. The second kappa shape index (κ2) is 34.4. The average molecular weight is 742 g/mol. The van der Waals surface area contributed by atoms with Crippen molar-refractivity contribution < 1.29 is 39.8 Å². The summed E-state index contributed by atoms with van der Waals surface area (Å²) in [6.07, 6.45) is 31.1. The van der Waals surface area contributed by atoms with Gasteiger partial charge in [0.25, 0.3) is 0 Å². The molecule has 52 heavy (non-hydrogen) atoms. The second-order valence-corrected chi connectivity index (χ2v) is 15.5. The third-order valence-corrected chi connectivity index (χ3v) is 10.6. The number of carbonyl (C=O) groups is 1. The van der Waals surface area contributed by atoms with Crippen molar-refractivity contribution in [1.82, 2.24) is 5.32 Å². The van der Waals surface area contributed by atoms with Crippen molar-refractivity contribution in [3.8, 4) is 0 Å². The van der Waals surface area contributed by atoms with Gasteiger partial charge in [-0.2, -0.15) is 0 Å². The van der Waals surface area contributed by atoms with Crippen LogP contribution in [0.2, 0.25) is 0 Å². The van der Waals surface area contributed by atoms with E-state index in [-0.39, 0.29) is 12.5 Å². The van der Waals surface area contributed by atoms with Gasteiger partial charge >= 0.3 is 0 Å². The Bertz CT molecular complexity index is 827. The molecule has 308 valence electrons. The molecular formula is C43H83NO8. The lowest BCUT2D eigenvalue weighted by Gasteiger charge is -2.40. The van der Waals surface area contributed by atoms with Gasteiger partial charge in [0.2, 0.25) is 5.91 Å². The lowest BCUT2D eigenvalue weighted by Crippen LogP contribution is -2.60. The highest BCUT2D eigenvalue weighted by Crippen LogP contribution is 2.22. The predicted octanol–water partition coefficient (Wildman–Crippen LogP) is 8.56. The summed E-state index contributed by atoms with van der Waals surface area (Å²) in [6, 6.07) is -0.796. The Balaban J connectivity index is 2.35. The van der Waals surface area contributed by atoms with E-state index >= 15 is 0 Å². The van der Waals surface area contributed by atoms with Crippen molar-refractivity contribution in [1.29, 1.82) is 0 Å². The van der Waals surface area contributed by atoms with Crippen molar-refractivity contribution in [3.05, 3.63) is 12.2 Å². The first-order valence-electron chi connectivity index (χ1n) is 21.9.